The van der Waals surface area contributed by atoms with Gasteiger partial charge in [-0.25, -0.2) is 9.59 Å². The molecule has 108 valence electrons. The molecule has 0 aliphatic carbocycles. The summed E-state index contributed by atoms with van der Waals surface area (Å²) in [4.78, 5) is 23.6. The maximum absolute atomic E-state index is 11.3. The quantitative estimate of drug-likeness (QED) is 0.878. The van der Waals surface area contributed by atoms with Crippen molar-refractivity contribution in [3.05, 3.63) is 59.2 Å². The maximum Gasteiger partial charge on any atom is 0.336 e. The third-order valence-electron chi connectivity index (χ3n) is 3.02. The SMILES string of the molecule is CCc1ccc(Sc2ccc(C(=O)O)cc2C(=O)O)cc1. The average Bonchev–Trinajstić information content (AvgIpc) is 2.48. The third-order valence-corrected chi connectivity index (χ3v) is 4.10. The van der Waals surface area contributed by atoms with Gasteiger partial charge in [0.05, 0.1) is 11.1 Å². The standard InChI is InChI=1S/C16H14O4S/c1-2-10-3-6-12(7-4-10)21-14-8-5-11(15(17)18)9-13(14)16(19)20/h3-9H,2H2,1H3,(H,17,18)(H,19,20). The van der Waals surface area contributed by atoms with Crippen LogP contribution in [0.25, 0.3) is 0 Å². The molecule has 2 N–H and O–H groups in total. The van der Waals surface area contributed by atoms with E-state index in [0.29, 0.717) is 4.90 Å². The van der Waals surface area contributed by atoms with Gasteiger partial charge in [-0.05, 0) is 42.3 Å². The minimum atomic E-state index is -1.14. The second-order valence-corrected chi connectivity index (χ2v) is 5.54. The Labute approximate surface area is 126 Å². The Hall–Kier alpha value is -2.27. The van der Waals surface area contributed by atoms with Crippen LogP contribution in [0.2, 0.25) is 0 Å². The smallest absolute Gasteiger partial charge is 0.336 e. The molecule has 0 aliphatic heterocycles. The van der Waals surface area contributed by atoms with E-state index in [9.17, 15) is 14.7 Å². The van der Waals surface area contributed by atoms with E-state index in [0.717, 1.165) is 11.3 Å². The molecule has 2 aromatic carbocycles. The van der Waals surface area contributed by atoms with Crippen LogP contribution in [-0.4, -0.2) is 22.2 Å². The first kappa shape index (κ1) is 15.1. The molecular formula is C16H14O4S. The molecule has 0 aliphatic rings. The predicted octanol–water partition coefficient (Wildman–Crippen LogP) is 3.80. The van der Waals surface area contributed by atoms with Crippen LogP contribution in [0.4, 0.5) is 0 Å². The highest BCUT2D eigenvalue weighted by Crippen LogP contribution is 2.31. The van der Waals surface area contributed by atoms with Gasteiger partial charge in [-0.2, -0.15) is 0 Å². The molecule has 0 spiro atoms. The zero-order valence-corrected chi connectivity index (χ0v) is 12.2. The van der Waals surface area contributed by atoms with E-state index >= 15 is 0 Å². The van der Waals surface area contributed by atoms with Gasteiger partial charge < -0.3 is 10.2 Å². The zero-order chi connectivity index (χ0) is 15.4. The lowest BCUT2D eigenvalue weighted by molar-refractivity contribution is 0.0693. The molecule has 2 rings (SSSR count). The Morgan fingerprint density at radius 1 is 1.00 bits per heavy atom. The molecule has 5 heteroatoms. The second-order valence-electron chi connectivity index (χ2n) is 4.42. The van der Waals surface area contributed by atoms with E-state index in [2.05, 4.69) is 6.92 Å². The van der Waals surface area contributed by atoms with Crippen LogP contribution in [0, 0.1) is 0 Å². The van der Waals surface area contributed by atoms with Gasteiger partial charge >= 0.3 is 11.9 Å². The highest BCUT2D eigenvalue weighted by molar-refractivity contribution is 7.99. The fourth-order valence-electron chi connectivity index (χ4n) is 1.84. The minimum absolute atomic E-state index is 0.000493. The van der Waals surface area contributed by atoms with Crippen molar-refractivity contribution in [2.45, 2.75) is 23.1 Å². The van der Waals surface area contributed by atoms with E-state index in [1.165, 1.54) is 35.5 Å². The zero-order valence-electron chi connectivity index (χ0n) is 11.4. The van der Waals surface area contributed by atoms with Crippen molar-refractivity contribution in [2.24, 2.45) is 0 Å². The van der Waals surface area contributed by atoms with Crippen LogP contribution < -0.4 is 0 Å². The van der Waals surface area contributed by atoms with Crippen LogP contribution in [0.3, 0.4) is 0 Å². The van der Waals surface area contributed by atoms with Crippen molar-refractivity contribution in [1.29, 1.82) is 0 Å². The average molecular weight is 302 g/mol. The summed E-state index contributed by atoms with van der Waals surface area (Å²) < 4.78 is 0. The van der Waals surface area contributed by atoms with Crippen LogP contribution >= 0.6 is 11.8 Å². The molecule has 0 aromatic heterocycles. The van der Waals surface area contributed by atoms with Gasteiger partial charge in [0.15, 0.2) is 0 Å². The van der Waals surface area contributed by atoms with Crippen molar-refractivity contribution in [1.82, 2.24) is 0 Å². The lowest BCUT2D eigenvalue weighted by Gasteiger charge is -2.07. The molecule has 2 aromatic rings. The van der Waals surface area contributed by atoms with Crippen LogP contribution in [-0.2, 0) is 6.42 Å². The number of hydrogen-bond donors (Lipinski definition) is 2. The lowest BCUT2D eigenvalue weighted by Crippen LogP contribution is -2.03. The molecule has 0 unspecified atom stereocenters. The highest BCUT2D eigenvalue weighted by Gasteiger charge is 2.14. The normalized spacial score (nSPS) is 10.3. The summed E-state index contributed by atoms with van der Waals surface area (Å²) in [6, 6.07) is 12.0. The molecule has 4 nitrogen and oxygen atoms in total. The summed E-state index contributed by atoms with van der Waals surface area (Å²) in [5.74, 6) is -2.27. The van der Waals surface area contributed by atoms with Gasteiger partial charge in [0, 0.05) is 9.79 Å². The molecule has 0 saturated carbocycles. The van der Waals surface area contributed by atoms with Crippen molar-refractivity contribution in [3.63, 3.8) is 0 Å². The van der Waals surface area contributed by atoms with E-state index in [1.807, 2.05) is 24.3 Å². The van der Waals surface area contributed by atoms with Gasteiger partial charge in [-0.3, -0.25) is 0 Å². The number of hydrogen-bond acceptors (Lipinski definition) is 3. The Morgan fingerprint density at radius 3 is 2.19 bits per heavy atom. The first-order valence-corrected chi connectivity index (χ1v) is 7.20. The van der Waals surface area contributed by atoms with E-state index < -0.39 is 11.9 Å². The minimum Gasteiger partial charge on any atom is -0.478 e. The highest BCUT2D eigenvalue weighted by atomic mass is 32.2. The number of carboxylic acid groups (broad SMARTS) is 2. The number of carbonyl (C=O) groups is 2. The first-order chi connectivity index (χ1) is 10.0. The molecule has 0 fully saturated rings. The fourth-order valence-corrected chi connectivity index (χ4v) is 2.76. The third kappa shape index (κ3) is 3.64. The Kier molecular flexibility index (Phi) is 4.65. The molecule has 0 heterocycles. The van der Waals surface area contributed by atoms with Crippen molar-refractivity contribution in [3.8, 4) is 0 Å². The number of benzene rings is 2. The summed E-state index contributed by atoms with van der Waals surface area (Å²) in [7, 11) is 0. The summed E-state index contributed by atoms with van der Waals surface area (Å²) in [5, 5.41) is 18.2. The largest absolute Gasteiger partial charge is 0.478 e. The Bertz CT molecular complexity index is 677. The van der Waals surface area contributed by atoms with E-state index in [-0.39, 0.29) is 11.1 Å². The number of aromatic carboxylic acids is 2. The predicted molar refractivity (Wildman–Crippen MR) is 80.3 cm³/mol. The topological polar surface area (TPSA) is 74.6 Å². The second kappa shape index (κ2) is 6.45. The van der Waals surface area contributed by atoms with Crippen LogP contribution in [0.5, 0.6) is 0 Å². The van der Waals surface area contributed by atoms with Crippen LogP contribution in [0.15, 0.2) is 52.3 Å². The fraction of sp³-hybridized carbons (Fsp3) is 0.125. The molecule has 21 heavy (non-hydrogen) atoms. The number of aryl methyl sites for hydroxylation is 1. The van der Waals surface area contributed by atoms with E-state index in [1.54, 1.807) is 0 Å². The molecular weight excluding hydrogens is 288 g/mol. The van der Waals surface area contributed by atoms with Gasteiger partial charge in [-0.1, -0.05) is 30.8 Å². The van der Waals surface area contributed by atoms with Crippen LogP contribution in [0.1, 0.15) is 33.2 Å². The summed E-state index contributed by atoms with van der Waals surface area (Å²) in [6.07, 6.45) is 0.943. The summed E-state index contributed by atoms with van der Waals surface area (Å²) in [5.41, 5.74) is 1.18. The molecule has 0 bridgehead atoms. The molecule has 0 radical (unpaired) electrons. The Morgan fingerprint density at radius 2 is 1.67 bits per heavy atom. The first-order valence-electron chi connectivity index (χ1n) is 6.38. The van der Waals surface area contributed by atoms with E-state index in [4.69, 9.17) is 5.11 Å². The van der Waals surface area contributed by atoms with Gasteiger partial charge in [-0.15, -0.1) is 0 Å². The summed E-state index contributed by atoms with van der Waals surface area (Å²) in [6.45, 7) is 2.06. The maximum atomic E-state index is 11.3. The molecule has 0 atom stereocenters. The number of carboxylic acids is 2. The van der Waals surface area contributed by atoms with Crippen molar-refractivity contribution in [2.75, 3.05) is 0 Å². The number of rotatable bonds is 5. The van der Waals surface area contributed by atoms with Gasteiger partial charge in [0.25, 0.3) is 0 Å². The van der Waals surface area contributed by atoms with Gasteiger partial charge in [0.2, 0.25) is 0 Å². The summed E-state index contributed by atoms with van der Waals surface area (Å²) >= 11 is 1.31. The van der Waals surface area contributed by atoms with Crippen molar-refractivity contribution >= 4 is 23.7 Å². The Balaban J connectivity index is 2.34. The lowest BCUT2D eigenvalue weighted by atomic mass is 10.1. The van der Waals surface area contributed by atoms with Crippen molar-refractivity contribution < 1.29 is 19.8 Å². The molecule has 0 saturated heterocycles. The van der Waals surface area contributed by atoms with Gasteiger partial charge in [0.1, 0.15) is 0 Å². The monoisotopic (exact) mass is 302 g/mol. The molecule has 0 amide bonds.